The molecular weight excluding hydrogens is 429 g/mol. The van der Waals surface area contributed by atoms with Gasteiger partial charge in [0.05, 0.1) is 11.7 Å². The van der Waals surface area contributed by atoms with E-state index >= 15 is 0 Å². The fraction of sp³-hybridized carbons (Fsp3) is 0.667. The maximum absolute atomic E-state index is 12.7. The molecular formula is C21H33F3N2O4Si. The molecule has 0 aliphatic heterocycles. The molecule has 0 saturated heterocycles. The lowest BCUT2D eigenvalue weighted by molar-refractivity contribution is -0.137. The largest absolute Gasteiger partial charge is 0.444 e. The fourth-order valence-corrected chi connectivity index (χ4v) is 3.65. The van der Waals surface area contributed by atoms with Crippen LogP contribution in [0.2, 0.25) is 18.1 Å². The molecule has 0 spiro atoms. The summed E-state index contributed by atoms with van der Waals surface area (Å²) in [6.07, 6.45) is -5.35. The van der Waals surface area contributed by atoms with Gasteiger partial charge in [0, 0.05) is 19.2 Å². The van der Waals surface area contributed by atoms with E-state index in [4.69, 9.17) is 9.16 Å². The van der Waals surface area contributed by atoms with E-state index < -0.39 is 43.6 Å². The molecule has 0 aliphatic carbocycles. The number of nitrogens with zero attached hydrogens (tertiary/aromatic N) is 1. The number of aromatic nitrogens is 1. The highest BCUT2D eigenvalue weighted by Crippen LogP contribution is 2.37. The van der Waals surface area contributed by atoms with Crippen LogP contribution in [-0.4, -0.2) is 43.4 Å². The van der Waals surface area contributed by atoms with E-state index in [0.717, 1.165) is 12.1 Å². The number of carbonyl (C=O) groups excluding carboxylic acids is 2. The van der Waals surface area contributed by atoms with Crippen LogP contribution in [0.3, 0.4) is 0 Å². The zero-order valence-electron chi connectivity index (χ0n) is 19.4. The van der Waals surface area contributed by atoms with Crippen LogP contribution in [0.1, 0.15) is 64.0 Å². The number of ether oxygens (including phenoxy) is 1. The molecule has 6 nitrogen and oxygen atoms in total. The summed E-state index contributed by atoms with van der Waals surface area (Å²) < 4.78 is 49.7. The topological polar surface area (TPSA) is 77.5 Å². The molecule has 1 atom stereocenters. The van der Waals surface area contributed by atoms with Gasteiger partial charge >= 0.3 is 12.3 Å². The summed E-state index contributed by atoms with van der Waals surface area (Å²) in [5.74, 6) is -0.469. The number of amides is 1. The Bertz CT molecular complexity index is 767. The van der Waals surface area contributed by atoms with Gasteiger partial charge < -0.3 is 14.5 Å². The average molecular weight is 463 g/mol. The average Bonchev–Trinajstić information content (AvgIpc) is 2.56. The van der Waals surface area contributed by atoms with Crippen molar-refractivity contribution >= 4 is 20.2 Å². The molecule has 1 aromatic rings. The zero-order valence-corrected chi connectivity index (χ0v) is 20.4. The maximum atomic E-state index is 12.7. The van der Waals surface area contributed by atoms with Crippen molar-refractivity contribution in [3.8, 4) is 0 Å². The molecule has 0 aliphatic rings. The van der Waals surface area contributed by atoms with E-state index in [1.54, 1.807) is 20.8 Å². The maximum Gasteiger partial charge on any atom is 0.417 e. The predicted molar refractivity (Wildman–Crippen MR) is 114 cm³/mol. The third-order valence-corrected chi connectivity index (χ3v) is 9.46. The highest BCUT2D eigenvalue weighted by molar-refractivity contribution is 6.74. The number of pyridine rings is 1. The zero-order chi connectivity index (χ0) is 24.3. The molecule has 0 bridgehead atoms. The van der Waals surface area contributed by atoms with E-state index in [1.165, 1.54) is 0 Å². The smallest absolute Gasteiger partial charge is 0.417 e. The predicted octanol–water partition coefficient (Wildman–Crippen LogP) is 5.59. The minimum atomic E-state index is -4.53. The molecule has 1 heterocycles. The molecule has 31 heavy (non-hydrogen) atoms. The van der Waals surface area contributed by atoms with E-state index in [9.17, 15) is 22.8 Å². The number of hydrogen-bond acceptors (Lipinski definition) is 5. The van der Waals surface area contributed by atoms with Crippen LogP contribution in [0.25, 0.3) is 0 Å². The standard InChI is InChI=1S/C21H33F3N2O4Si/c1-19(2,3)29-18(28)26-13-15(30-31(7,8)20(4,5)6)11-17(27)16-10-9-14(12-25-16)21(22,23)24/h9-10,12,15H,11,13H2,1-8H3,(H,26,28)/t15-/m1/s1. The first-order chi connectivity index (χ1) is 13.8. The minimum absolute atomic E-state index is 0.0216. The van der Waals surface area contributed by atoms with Crippen molar-refractivity contribution in [2.45, 2.75) is 84.0 Å². The molecule has 0 fully saturated rings. The first kappa shape index (κ1) is 27.1. The van der Waals surface area contributed by atoms with Crippen LogP contribution in [0.15, 0.2) is 18.3 Å². The van der Waals surface area contributed by atoms with Crippen LogP contribution < -0.4 is 5.32 Å². The van der Waals surface area contributed by atoms with Gasteiger partial charge in [0.2, 0.25) is 0 Å². The Hall–Kier alpha value is -1.94. The van der Waals surface area contributed by atoms with Crippen molar-refractivity contribution in [2.24, 2.45) is 0 Å². The SMILES string of the molecule is CC(C)(C)OC(=O)NC[C@@H](CC(=O)c1ccc(C(F)(F)F)cn1)O[Si](C)(C)C(C)(C)C. The van der Waals surface area contributed by atoms with Gasteiger partial charge in [-0.05, 0) is 51.0 Å². The summed E-state index contributed by atoms with van der Waals surface area (Å²) in [6.45, 7) is 15.4. The number of alkyl carbamates (subject to hydrolysis) is 1. The van der Waals surface area contributed by atoms with Crippen molar-refractivity contribution < 1.29 is 31.9 Å². The first-order valence-electron chi connectivity index (χ1n) is 10.0. The van der Waals surface area contributed by atoms with Crippen molar-refractivity contribution in [3.05, 3.63) is 29.6 Å². The van der Waals surface area contributed by atoms with Gasteiger partial charge in [0.25, 0.3) is 0 Å². The number of rotatable bonds is 7. The summed E-state index contributed by atoms with van der Waals surface area (Å²) in [5, 5.41) is 2.47. The number of nitrogens with one attached hydrogen (secondary N) is 1. The lowest BCUT2D eigenvalue weighted by Crippen LogP contribution is -2.48. The molecule has 1 rings (SSSR count). The molecule has 1 aromatic heterocycles. The van der Waals surface area contributed by atoms with E-state index in [0.29, 0.717) is 6.20 Å². The second-order valence-corrected chi connectivity index (χ2v) is 14.7. The van der Waals surface area contributed by atoms with Gasteiger partial charge in [-0.15, -0.1) is 0 Å². The monoisotopic (exact) mass is 462 g/mol. The summed E-state index contributed by atoms with van der Waals surface area (Å²) in [5.41, 5.74) is -1.70. The Morgan fingerprint density at radius 1 is 1.10 bits per heavy atom. The number of carbonyl (C=O) groups is 2. The fourth-order valence-electron chi connectivity index (χ4n) is 2.30. The van der Waals surface area contributed by atoms with E-state index in [1.807, 2.05) is 33.9 Å². The van der Waals surface area contributed by atoms with E-state index in [2.05, 4.69) is 10.3 Å². The van der Waals surface area contributed by atoms with Gasteiger partial charge in [-0.1, -0.05) is 20.8 Å². The molecule has 176 valence electrons. The number of ketones is 1. The minimum Gasteiger partial charge on any atom is -0.444 e. The highest BCUT2D eigenvalue weighted by Gasteiger charge is 2.40. The second kappa shape index (κ2) is 9.68. The van der Waals surface area contributed by atoms with Crippen LogP contribution in [0.4, 0.5) is 18.0 Å². The van der Waals surface area contributed by atoms with Crippen LogP contribution in [0, 0.1) is 0 Å². The highest BCUT2D eigenvalue weighted by atomic mass is 28.4. The molecule has 1 N–H and O–H groups in total. The number of Topliss-reactive ketones (excluding diaryl/α,β-unsaturated/α-hetero) is 1. The van der Waals surface area contributed by atoms with Gasteiger partial charge in [-0.3, -0.25) is 9.78 Å². The van der Waals surface area contributed by atoms with Crippen LogP contribution >= 0.6 is 0 Å². The summed E-state index contributed by atoms with van der Waals surface area (Å²) >= 11 is 0. The Morgan fingerprint density at radius 2 is 1.68 bits per heavy atom. The molecule has 1 amide bonds. The first-order valence-corrected chi connectivity index (χ1v) is 12.9. The quantitative estimate of drug-likeness (QED) is 0.422. The van der Waals surface area contributed by atoms with Crippen LogP contribution in [0.5, 0.6) is 0 Å². The number of alkyl halides is 3. The number of halogens is 3. The molecule has 0 unspecified atom stereocenters. The van der Waals surface area contributed by atoms with Crippen LogP contribution in [-0.2, 0) is 15.3 Å². The lowest BCUT2D eigenvalue weighted by Gasteiger charge is -2.39. The summed E-state index contributed by atoms with van der Waals surface area (Å²) in [4.78, 5) is 28.4. The Labute approximate surface area is 183 Å². The third-order valence-electron chi connectivity index (χ3n) is 4.93. The Kier molecular flexibility index (Phi) is 8.46. The third kappa shape index (κ3) is 8.98. The lowest BCUT2D eigenvalue weighted by atomic mass is 10.1. The van der Waals surface area contributed by atoms with E-state index in [-0.39, 0.29) is 23.7 Å². The second-order valence-electron chi connectivity index (χ2n) is 9.94. The summed E-state index contributed by atoms with van der Waals surface area (Å²) in [6, 6.07) is 1.87. The molecule has 0 saturated carbocycles. The van der Waals surface area contributed by atoms with Crippen molar-refractivity contribution in [3.63, 3.8) is 0 Å². The van der Waals surface area contributed by atoms with Gasteiger partial charge in [-0.25, -0.2) is 4.79 Å². The normalized spacial score (nSPS) is 14.2. The van der Waals surface area contributed by atoms with Crippen molar-refractivity contribution in [1.29, 1.82) is 0 Å². The Balaban J connectivity index is 2.97. The van der Waals surface area contributed by atoms with Gasteiger partial charge in [0.1, 0.15) is 11.3 Å². The molecule has 0 aromatic carbocycles. The molecule has 10 heteroatoms. The van der Waals surface area contributed by atoms with Crippen molar-refractivity contribution in [2.75, 3.05) is 6.54 Å². The van der Waals surface area contributed by atoms with Crippen molar-refractivity contribution in [1.82, 2.24) is 10.3 Å². The molecule has 0 radical (unpaired) electrons. The van der Waals surface area contributed by atoms with Gasteiger partial charge in [-0.2, -0.15) is 13.2 Å². The van der Waals surface area contributed by atoms with Gasteiger partial charge in [0.15, 0.2) is 14.1 Å². The Morgan fingerprint density at radius 3 is 2.10 bits per heavy atom. The summed E-state index contributed by atoms with van der Waals surface area (Å²) in [7, 11) is -2.30. The number of hydrogen-bond donors (Lipinski definition) is 1.